The number of nitrogens with zero attached hydrogens (tertiary/aromatic N) is 4. The van der Waals surface area contributed by atoms with E-state index in [9.17, 15) is 8.42 Å². The van der Waals surface area contributed by atoms with Crippen molar-refractivity contribution in [2.24, 2.45) is 0 Å². The molecule has 0 radical (unpaired) electrons. The fourth-order valence-corrected chi connectivity index (χ4v) is 2.61. The van der Waals surface area contributed by atoms with Crippen molar-refractivity contribution in [3.05, 3.63) is 34.8 Å². The Balaban J connectivity index is 2.03. The molecule has 7 nitrogen and oxygen atoms in total. The molecule has 19 heavy (non-hydrogen) atoms. The molecule has 2 aromatic rings. The van der Waals surface area contributed by atoms with Crippen molar-refractivity contribution < 1.29 is 8.42 Å². The molecule has 0 amide bonds. The van der Waals surface area contributed by atoms with Crippen molar-refractivity contribution in [2.75, 3.05) is 6.54 Å². The van der Waals surface area contributed by atoms with E-state index in [1.165, 1.54) is 16.9 Å². The van der Waals surface area contributed by atoms with Crippen LogP contribution < -0.4 is 4.72 Å². The Kier molecular flexibility index (Phi) is 4.35. The standard InChI is InChI=1S/C9H9Cl2N5O2S/c10-8-5-7(6-12-9(8)11)19(17,18)14-2-4-16-3-1-13-15-16/h1,3,5-6,14H,2,4H2. The molecule has 102 valence electrons. The Labute approximate surface area is 119 Å². The number of hydrogen-bond donors (Lipinski definition) is 1. The monoisotopic (exact) mass is 321 g/mol. The predicted octanol–water partition coefficient (Wildman–Crippen LogP) is 0.958. The molecule has 0 aliphatic carbocycles. The summed E-state index contributed by atoms with van der Waals surface area (Å²) in [5.41, 5.74) is 0. The third-order valence-corrected chi connectivity index (χ3v) is 4.30. The van der Waals surface area contributed by atoms with Gasteiger partial charge in [-0.2, -0.15) is 0 Å². The smallest absolute Gasteiger partial charge is 0.242 e. The first kappa shape index (κ1) is 14.2. The van der Waals surface area contributed by atoms with Gasteiger partial charge in [-0.25, -0.2) is 18.1 Å². The van der Waals surface area contributed by atoms with E-state index in [1.807, 2.05) is 0 Å². The normalized spacial score (nSPS) is 11.7. The summed E-state index contributed by atoms with van der Waals surface area (Å²) in [6.07, 6.45) is 4.29. The van der Waals surface area contributed by atoms with Crippen molar-refractivity contribution >= 4 is 33.2 Å². The van der Waals surface area contributed by atoms with Crippen molar-refractivity contribution in [1.29, 1.82) is 0 Å². The number of rotatable bonds is 5. The van der Waals surface area contributed by atoms with Crippen LogP contribution in [0.1, 0.15) is 0 Å². The van der Waals surface area contributed by atoms with Gasteiger partial charge in [-0.15, -0.1) is 5.10 Å². The van der Waals surface area contributed by atoms with Crippen LogP contribution in [0.3, 0.4) is 0 Å². The van der Waals surface area contributed by atoms with Crippen molar-refractivity contribution in [1.82, 2.24) is 24.7 Å². The molecular weight excluding hydrogens is 313 g/mol. The second-order valence-corrected chi connectivity index (χ2v) is 6.04. The maximum Gasteiger partial charge on any atom is 0.242 e. The fourth-order valence-electron chi connectivity index (χ4n) is 1.28. The molecule has 2 rings (SSSR count). The largest absolute Gasteiger partial charge is 0.251 e. The lowest BCUT2D eigenvalue weighted by Gasteiger charge is -2.07. The van der Waals surface area contributed by atoms with Crippen LogP contribution in [0.5, 0.6) is 0 Å². The zero-order chi connectivity index (χ0) is 13.9. The molecule has 0 spiro atoms. The third kappa shape index (κ3) is 3.63. The van der Waals surface area contributed by atoms with E-state index in [0.29, 0.717) is 6.54 Å². The summed E-state index contributed by atoms with van der Waals surface area (Å²) in [4.78, 5) is 3.65. The van der Waals surface area contributed by atoms with Gasteiger partial charge >= 0.3 is 0 Å². The molecule has 0 fully saturated rings. The first-order valence-corrected chi connectivity index (χ1v) is 7.38. The van der Waals surface area contributed by atoms with E-state index in [2.05, 4.69) is 20.0 Å². The third-order valence-electron chi connectivity index (χ3n) is 2.19. The van der Waals surface area contributed by atoms with Crippen LogP contribution in [0, 0.1) is 0 Å². The van der Waals surface area contributed by atoms with E-state index in [1.54, 1.807) is 6.20 Å². The Morgan fingerprint density at radius 3 is 2.79 bits per heavy atom. The molecule has 0 saturated carbocycles. The summed E-state index contributed by atoms with van der Waals surface area (Å²) >= 11 is 11.4. The van der Waals surface area contributed by atoms with E-state index in [4.69, 9.17) is 23.2 Å². The van der Waals surface area contributed by atoms with E-state index in [-0.39, 0.29) is 21.6 Å². The van der Waals surface area contributed by atoms with Gasteiger partial charge in [-0.1, -0.05) is 28.4 Å². The van der Waals surface area contributed by atoms with Gasteiger partial charge in [0.2, 0.25) is 10.0 Å². The van der Waals surface area contributed by atoms with Gasteiger partial charge in [-0.3, -0.25) is 4.68 Å². The van der Waals surface area contributed by atoms with Crippen molar-refractivity contribution in [3.8, 4) is 0 Å². The highest BCUT2D eigenvalue weighted by Crippen LogP contribution is 2.21. The second kappa shape index (κ2) is 5.83. The van der Waals surface area contributed by atoms with Crippen LogP contribution >= 0.6 is 23.2 Å². The molecule has 2 heterocycles. The molecule has 0 atom stereocenters. The zero-order valence-electron chi connectivity index (χ0n) is 9.49. The summed E-state index contributed by atoms with van der Waals surface area (Å²) in [5, 5.41) is 7.47. The predicted molar refractivity (Wildman–Crippen MR) is 69.5 cm³/mol. The van der Waals surface area contributed by atoms with Gasteiger partial charge in [0, 0.05) is 18.9 Å². The highest BCUT2D eigenvalue weighted by molar-refractivity contribution is 7.89. The lowest BCUT2D eigenvalue weighted by atomic mass is 10.5. The number of hydrogen-bond acceptors (Lipinski definition) is 5. The quantitative estimate of drug-likeness (QED) is 0.828. The Morgan fingerprint density at radius 2 is 2.16 bits per heavy atom. The average molecular weight is 322 g/mol. The lowest BCUT2D eigenvalue weighted by Crippen LogP contribution is -2.27. The molecule has 2 aromatic heterocycles. The molecule has 1 N–H and O–H groups in total. The summed E-state index contributed by atoms with van der Waals surface area (Å²) in [7, 11) is -3.67. The van der Waals surface area contributed by atoms with E-state index < -0.39 is 10.0 Å². The zero-order valence-corrected chi connectivity index (χ0v) is 11.8. The summed E-state index contributed by atoms with van der Waals surface area (Å²) in [6, 6.07) is 1.24. The maximum atomic E-state index is 11.9. The Hall–Kier alpha value is -1.22. The molecule has 0 saturated heterocycles. The first-order valence-electron chi connectivity index (χ1n) is 5.14. The Morgan fingerprint density at radius 1 is 1.37 bits per heavy atom. The molecule has 0 aromatic carbocycles. The highest BCUT2D eigenvalue weighted by atomic mass is 35.5. The van der Waals surface area contributed by atoms with Crippen LogP contribution in [0.4, 0.5) is 0 Å². The van der Waals surface area contributed by atoms with Crippen LogP contribution in [0.25, 0.3) is 0 Å². The van der Waals surface area contributed by atoms with Crippen LogP contribution in [-0.2, 0) is 16.6 Å². The van der Waals surface area contributed by atoms with Gasteiger partial charge in [0.05, 0.1) is 17.8 Å². The van der Waals surface area contributed by atoms with Gasteiger partial charge in [0.1, 0.15) is 10.0 Å². The average Bonchev–Trinajstić information content (AvgIpc) is 2.85. The number of pyridine rings is 1. The minimum absolute atomic E-state index is 0.0412. The first-order chi connectivity index (χ1) is 8.99. The van der Waals surface area contributed by atoms with Crippen LogP contribution in [0.2, 0.25) is 10.2 Å². The fraction of sp³-hybridized carbons (Fsp3) is 0.222. The molecule has 0 bridgehead atoms. The summed E-state index contributed by atoms with van der Waals surface area (Å²) in [5.74, 6) is 0. The minimum atomic E-state index is -3.67. The topological polar surface area (TPSA) is 89.8 Å². The van der Waals surface area contributed by atoms with Gasteiger partial charge in [-0.05, 0) is 6.07 Å². The second-order valence-electron chi connectivity index (χ2n) is 3.51. The van der Waals surface area contributed by atoms with Crippen LogP contribution in [0.15, 0.2) is 29.6 Å². The maximum absolute atomic E-state index is 11.9. The minimum Gasteiger partial charge on any atom is -0.251 e. The number of sulfonamides is 1. The van der Waals surface area contributed by atoms with Crippen molar-refractivity contribution in [3.63, 3.8) is 0 Å². The number of nitrogens with one attached hydrogen (secondary N) is 1. The van der Waals surface area contributed by atoms with Crippen molar-refractivity contribution in [2.45, 2.75) is 11.4 Å². The SMILES string of the molecule is O=S(=O)(NCCn1ccnn1)c1cnc(Cl)c(Cl)c1. The van der Waals surface area contributed by atoms with E-state index >= 15 is 0 Å². The molecular formula is C9H9Cl2N5O2S. The lowest BCUT2D eigenvalue weighted by molar-refractivity contribution is 0.552. The van der Waals surface area contributed by atoms with Gasteiger partial charge < -0.3 is 0 Å². The van der Waals surface area contributed by atoms with E-state index in [0.717, 1.165) is 6.20 Å². The van der Waals surface area contributed by atoms with Gasteiger partial charge in [0.25, 0.3) is 0 Å². The molecule has 0 aliphatic rings. The molecule has 0 unspecified atom stereocenters. The van der Waals surface area contributed by atoms with Gasteiger partial charge in [0.15, 0.2) is 0 Å². The van der Waals surface area contributed by atoms with Crippen LogP contribution in [-0.4, -0.2) is 34.9 Å². The number of aromatic nitrogens is 4. The molecule has 10 heteroatoms. The number of halogens is 2. The molecule has 0 aliphatic heterocycles. The highest BCUT2D eigenvalue weighted by Gasteiger charge is 2.15. The summed E-state index contributed by atoms with van der Waals surface area (Å²) in [6.45, 7) is 0.542. The summed E-state index contributed by atoms with van der Waals surface area (Å²) < 4.78 is 27.8. The Bertz CT molecular complexity index is 659.